The summed E-state index contributed by atoms with van der Waals surface area (Å²) < 4.78 is 2.16. The summed E-state index contributed by atoms with van der Waals surface area (Å²) in [6, 6.07) is 6.06. The van der Waals surface area contributed by atoms with Crippen LogP contribution in [0.4, 0.5) is 5.69 Å². The number of hydrogen-bond acceptors (Lipinski definition) is 0. The average molecular weight is 195 g/mol. The lowest BCUT2D eigenvalue weighted by atomic mass is 9.87. The molecule has 0 N–H and O–H groups in total. The van der Waals surface area contributed by atoms with E-state index in [0.717, 1.165) is 5.02 Å². The number of hydrogen-bond donors (Lipinski definition) is 0. The van der Waals surface area contributed by atoms with E-state index in [1.165, 1.54) is 11.3 Å². The topological polar surface area (TPSA) is 3.01 Å². The SMILES string of the molecule is C[N+]1=CC(C)(C)c2cc(Cl)ccc21. The molecule has 0 bridgehead atoms. The number of nitrogens with zero attached hydrogens (tertiary/aromatic N) is 1. The molecule has 13 heavy (non-hydrogen) atoms. The molecule has 0 atom stereocenters. The van der Waals surface area contributed by atoms with Crippen molar-refractivity contribution in [2.75, 3.05) is 7.05 Å². The molecule has 0 fully saturated rings. The van der Waals surface area contributed by atoms with E-state index in [9.17, 15) is 0 Å². The second-order valence-corrected chi connectivity index (χ2v) is 4.56. The smallest absolute Gasteiger partial charge is 0.204 e. The van der Waals surface area contributed by atoms with Crippen LogP contribution >= 0.6 is 11.6 Å². The van der Waals surface area contributed by atoms with Crippen LogP contribution in [0.15, 0.2) is 18.2 Å². The Morgan fingerprint density at radius 1 is 1.31 bits per heavy atom. The van der Waals surface area contributed by atoms with Crippen LogP contribution in [0, 0.1) is 0 Å². The molecule has 0 unspecified atom stereocenters. The minimum absolute atomic E-state index is 0.106. The van der Waals surface area contributed by atoms with Crippen LogP contribution in [0.3, 0.4) is 0 Å². The highest BCUT2D eigenvalue weighted by Crippen LogP contribution is 2.36. The Morgan fingerprint density at radius 2 is 2.00 bits per heavy atom. The minimum Gasteiger partial charge on any atom is -0.204 e. The zero-order chi connectivity index (χ0) is 9.64. The zero-order valence-electron chi connectivity index (χ0n) is 8.13. The van der Waals surface area contributed by atoms with Gasteiger partial charge >= 0.3 is 0 Å². The second kappa shape index (κ2) is 2.58. The predicted molar refractivity (Wildman–Crippen MR) is 56.4 cm³/mol. The van der Waals surface area contributed by atoms with E-state index in [0.29, 0.717) is 0 Å². The van der Waals surface area contributed by atoms with E-state index >= 15 is 0 Å². The Balaban J connectivity index is 2.68. The van der Waals surface area contributed by atoms with E-state index in [1.54, 1.807) is 0 Å². The van der Waals surface area contributed by atoms with Crippen LogP contribution in [-0.2, 0) is 5.41 Å². The molecule has 1 nitrogen and oxygen atoms in total. The summed E-state index contributed by atoms with van der Waals surface area (Å²) in [7, 11) is 2.07. The maximum atomic E-state index is 5.97. The lowest BCUT2D eigenvalue weighted by Gasteiger charge is -2.10. The van der Waals surface area contributed by atoms with Crippen molar-refractivity contribution in [3.63, 3.8) is 0 Å². The summed E-state index contributed by atoms with van der Waals surface area (Å²) in [5, 5.41) is 0.815. The first-order valence-corrected chi connectivity index (χ1v) is 4.77. The van der Waals surface area contributed by atoms with Crippen molar-refractivity contribution in [1.82, 2.24) is 0 Å². The first-order chi connectivity index (χ1) is 6.00. The predicted octanol–water partition coefficient (Wildman–Crippen LogP) is 2.98. The lowest BCUT2D eigenvalue weighted by Crippen LogP contribution is -2.15. The molecular formula is C11H13ClN+. The maximum absolute atomic E-state index is 5.97. The zero-order valence-corrected chi connectivity index (χ0v) is 8.89. The van der Waals surface area contributed by atoms with Gasteiger partial charge in [-0.2, -0.15) is 0 Å². The number of fused-ring (bicyclic) bond motifs is 1. The van der Waals surface area contributed by atoms with E-state index in [-0.39, 0.29) is 5.41 Å². The fourth-order valence-electron chi connectivity index (χ4n) is 1.96. The lowest BCUT2D eigenvalue weighted by molar-refractivity contribution is -0.397. The summed E-state index contributed by atoms with van der Waals surface area (Å²) in [6.07, 6.45) is 2.22. The van der Waals surface area contributed by atoms with Crippen LogP contribution in [0.25, 0.3) is 0 Å². The van der Waals surface area contributed by atoms with Gasteiger partial charge in [0.1, 0.15) is 7.05 Å². The molecule has 1 aliphatic rings. The van der Waals surface area contributed by atoms with Crippen molar-refractivity contribution >= 4 is 23.5 Å². The molecule has 1 aromatic carbocycles. The summed E-state index contributed by atoms with van der Waals surface area (Å²) in [6.45, 7) is 4.40. The third-order valence-corrected chi connectivity index (χ3v) is 2.78. The third-order valence-electron chi connectivity index (χ3n) is 2.55. The standard InChI is InChI=1S/C11H13ClN/c1-11(2)7-13(3)10-5-4-8(12)6-9(10)11/h4-7H,1-3H3/q+1. The van der Waals surface area contributed by atoms with Crippen molar-refractivity contribution in [2.45, 2.75) is 19.3 Å². The summed E-state index contributed by atoms with van der Waals surface area (Å²) in [4.78, 5) is 0. The highest BCUT2D eigenvalue weighted by molar-refractivity contribution is 6.30. The van der Waals surface area contributed by atoms with Crippen LogP contribution in [0.1, 0.15) is 19.4 Å². The molecule has 2 heteroatoms. The fourth-order valence-corrected chi connectivity index (χ4v) is 2.13. The Labute approximate surface area is 83.7 Å². The molecule has 0 radical (unpaired) electrons. The van der Waals surface area contributed by atoms with Gasteiger partial charge in [0.25, 0.3) is 0 Å². The summed E-state index contributed by atoms with van der Waals surface area (Å²) in [5.41, 5.74) is 2.67. The van der Waals surface area contributed by atoms with Crippen molar-refractivity contribution in [3.05, 3.63) is 28.8 Å². The molecule has 1 heterocycles. The normalized spacial score (nSPS) is 18.3. The number of benzene rings is 1. The van der Waals surface area contributed by atoms with Gasteiger partial charge in [0.15, 0.2) is 6.21 Å². The van der Waals surface area contributed by atoms with Gasteiger partial charge in [0.2, 0.25) is 5.69 Å². The van der Waals surface area contributed by atoms with Crippen LogP contribution in [0.2, 0.25) is 5.02 Å². The van der Waals surface area contributed by atoms with Crippen molar-refractivity contribution < 1.29 is 4.58 Å². The molecule has 0 saturated heterocycles. The molecule has 2 rings (SSSR count). The molecule has 0 aromatic heterocycles. The summed E-state index contributed by atoms with van der Waals surface area (Å²) >= 11 is 5.97. The first-order valence-electron chi connectivity index (χ1n) is 4.39. The second-order valence-electron chi connectivity index (χ2n) is 4.12. The quantitative estimate of drug-likeness (QED) is 0.559. The Kier molecular flexibility index (Phi) is 1.74. The Bertz CT molecular complexity index is 391. The third kappa shape index (κ3) is 1.28. The van der Waals surface area contributed by atoms with Crippen molar-refractivity contribution in [2.24, 2.45) is 0 Å². The highest BCUT2D eigenvalue weighted by atomic mass is 35.5. The monoisotopic (exact) mass is 194 g/mol. The molecule has 0 amide bonds. The Morgan fingerprint density at radius 3 is 2.69 bits per heavy atom. The van der Waals surface area contributed by atoms with Gasteiger partial charge in [-0.15, -0.1) is 0 Å². The van der Waals surface area contributed by atoms with E-state index in [1.807, 2.05) is 6.07 Å². The molecule has 0 spiro atoms. The van der Waals surface area contributed by atoms with Crippen molar-refractivity contribution in [3.8, 4) is 0 Å². The molecule has 1 aliphatic heterocycles. The average Bonchev–Trinajstić information content (AvgIpc) is 2.23. The maximum Gasteiger partial charge on any atom is 0.209 e. The Hall–Kier alpha value is -0.820. The van der Waals surface area contributed by atoms with E-state index < -0.39 is 0 Å². The number of rotatable bonds is 0. The van der Waals surface area contributed by atoms with E-state index in [4.69, 9.17) is 11.6 Å². The van der Waals surface area contributed by atoms with E-state index in [2.05, 4.69) is 43.8 Å². The van der Waals surface area contributed by atoms with Crippen LogP contribution in [0.5, 0.6) is 0 Å². The van der Waals surface area contributed by atoms with Crippen LogP contribution in [-0.4, -0.2) is 17.8 Å². The van der Waals surface area contributed by atoms with Crippen LogP contribution < -0.4 is 0 Å². The largest absolute Gasteiger partial charge is 0.209 e. The first kappa shape index (κ1) is 8.76. The molecule has 1 aromatic rings. The minimum atomic E-state index is 0.106. The van der Waals surface area contributed by atoms with Gasteiger partial charge in [-0.3, -0.25) is 0 Å². The molecule has 68 valence electrons. The van der Waals surface area contributed by atoms with Gasteiger partial charge in [0.05, 0.1) is 5.41 Å². The highest BCUT2D eigenvalue weighted by Gasteiger charge is 2.35. The molecular weight excluding hydrogens is 182 g/mol. The van der Waals surface area contributed by atoms with Crippen molar-refractivity contribution in [1.29, 1.82) is 0 Å². The van der Waals surface area contributed by atoms with Gasteiger partial charge in [-0.05, 0) is 26.0 Å². The fraction of sp³-hybridized carbons (Fsp3) is 0.364. The molecule has 0 saturated carbocycles. The van der Waals surface area contributed by atoms with Gasteiger partial charge in [-0.1, -0.05) is 11.6 Å². The van der Waals surface area contributed by atoms with Gasteiger partial charge in [-0.25, -0.2) is 4.58 Å². The van der Waals surface area contributed by atoms with Gasteiger partial charge < -0.3 is 0 Å². The number of halogens is 1. The molecule has 0 aliphatic carbocycles. The summed E-state index contributed by atoms with van der Waals surface area (Å²) in [5.74, 6) is 0. The van der Waals surface area contributed by atoms with Gasteiger partial charge in [0, 0.05) is 16.7 Å².